The molecule has 0 radical (unpaired) electrons. The summed E-state index contributed by atoms with van der Waals surface area (Å²) in [5.41, 5.74) is 0.988. The van der Waals surface area contributed by atoms with Gasteiger partial charge in [0.1, 0.15) is 0 Å². The van der Waals surface area contributed by atoms with Gasteiger partial charge >= 0.3 is 5.69 Å². The molecular weight excluding hydrogens is 436 g/mol. The number of nitrogens with one attached hydrogen (secondary N) is 1. The largest absolute Gasteiger partial charge is 0.464 e. The number of amides is 1. The van der Waals surface area contributed by atoms with Crippen LogP contribution in [-0.4, -0.2) is 30.4 Å². The van der Waals surface area contributed by atoms with Crippen molar-refractivity contribution < 1.29 is 14.5 Å². The van der Waals surface area contributed by atoms with Crippen molar-refractivity contribution in [1.29, 1.82) is 0 Å². The first kappa shape index (κ1) is 21.1. The van der Waals surface area contributed by atoms with E-state index in [2.05, 4.69) is 15.5 Å². The summed E-state index contributed by atoms with van der Waals surface area (Å²) in [4.78, 5) is 23.0. The highest BCUT2D eigenvalue weighted by molar-refractivity contribution is 6.30. The quantitative estimate of drug-likeness (QED) is 0.319. The molecule has 32 heavy (non-hydrogen) atoms. The molecule has 0 aliphatic rings. The number of anilines is 1. The van der Waals surface area contributed by atoms with Crippen molar-refractivity contribution in [2.75, 3.05) is 5.32 Å². The zero-order valence-corrected chi connectivity index (χ0v) is 17.3. The van der Waals surface area contributed by atoms with Gasteiger partial charge in [-0.2, -0.15) is 10.2 Å². The van der Waals surface area contributed by atoms with Crippen LogP contribution in [0.1, 0.15) is 16.1 Å². The fourth-order valence-corrected chi connectivity index (χ4v) is 3.15. The summed E-state index contributed by atoms with van der Waals surface area (Å²) in [6.07, 6.45) is 3.29. The summed E-state index contributed by atoms with van der Waals surface area (Å²) < 4.78 is 8.51. The Hall–Kier alpha value is -4.18. The van der Waals surface area contributed by atoms with E-state index in [4.69, 9.17) is 16.3 Å². The Balaban J connectivity index is 1.35. The molecule has 162 valence electrons. The summed E-state index contributed by atoms with van der Waals surface area (Å²) in [6.45, 7) is 0.417. The maximum atomic E-state index is 12.5. The lowest BCUT2D eigenvalue weighted by Crippen LogP contribution is -2.15. The van der Waals surface area contributed by atoms with Crippen LogP contribution in [0.15, 0.2) is 73.1 Å². The van der Waals surface area contributed by atoms with E-state index in [1.54, 1.807) is 41.3 Å². The van der Waals surface area contributed by atoms with Gasteiger partial charge < -0.3 is 10.1 Å². The van der Waals surface area contributed by atoms with Crippen LogP contribution in [-0.2, 0) is 13.3 Å². The molecule has 0 atom stereocenters. The van der Waals surface area contributed by atoms with Gasteiger partial charge in [0.15, 0.2) is 24.0 Å². The maximum Gasteiger partial charge on any atom is 0.311 e. The predicted octanol–water partition coefficient (Wildman–Crippen LogP) is 3.98. The van der Waals surface area contributed by atoms with Crippen LogP contribution in [0, 0.1) is 10.1 Å². The van der Waals surface area contributed by atoms with Crippen LogP contribution in [0.2, 0.25) is 5.02 Å². The van der Waals surface area contributed by atoms with Gasteiger partial charge in [-0.3, -0.25) is 19.6 Å². The van der Waals surface area contributed by atoms with E-state index < -0.39 is 10.8 Å². The van der Waals surface area contributed by atoms with E-state index in [1.807, 2.05) is 18.2 Å². The first-order valence-electron chi connectivity index (χ1n) is 9.47. The van der Waals surface area contributed by atoms with Gasteiger partial charge in [0, 0.05) is 29.5 Å². The number of ether oxygens (including phenoxy) is 1. The average molecular weight is 453 g/mol. The monoisotopic (exact) mass is 452 g/mol. The number of rotatable bonds is 8. The molecule has 2 heterocycles. The SMILES string of the molecule is O=C(Nc1ccn(Cc2cccc(Cl)c2)n1)c1ccn(COc2ccccc2[N+](=O)[O-])n1. The van der Waals surface area contributed by atoms with Gasteiger partial charge in [-0.25, -0.2) is 4.68 Å². The summed E-state index contributed by atoms with van der Waals surface area (Å²) in [5.74, 6) is 0.0504. The zero-order chi connectivity index (χ0) is 22.5. The third-order valence-corrected chi connectivity index (χ3v) is 4.64. The second-order valence-electron chi connectivity index (χ2n) is 6.72. The number of nitro benzene ring substituents is 1. The Morgan fingerprint density at radius 1 is 1.06 bits per heavy atom. The first-order chi connectivity index (χ1) is 15.5. The lowest BCUT2D eigenvalue weighted by molar-refractivity contribution is -0.386. The number of carbonyl (C=O) groups is 1. The highest BCUT2D eigenvalue weighted by atomic mass is 35.5. The molecule has 10 nitrogen and oxygen atoms in total. The average Bonchev–Trinajstić information content (AvgIpc) is 3.42. The number of hydrogen-bond donors (Lipinski definition) is 1. The summed E-state index contributed by atoms with van der Waals surface area (Å²) in [5, 5.41) is 22.9. The van der Waals surface area contributed by atoms with Crippen LogP contribution >= 0.6 is 11.6 Å². The number of para-hydroxylation sites is 2. The zero-order valence-electron chi connectivity index (χ0n) is 16.6. The van der Waals surface area contributed by atoms with Crippen molar-refractivity contribution >= 4 is 29.0 Å². The van der Waals surface area contributed by atoms with Crippen LogP contribution in [0.25, 0.3) is 0 Å². The minimum atomic E-state index is -0.525. The van der Waals surface area contributed by atoms with E-state index in [0.29, 0.717) is 17.4 Å². The van der Waals surface area contributed by atoms with Crippen LogP contribution in [0.5, 0.6) is 5.75 Å². The van der Waals surface area contributed by atoms with E-state index in [-0.39, 0.29) is 23.9 Å². The maximum absolute atomic E-state index is 12.5. The molecule has 0 saturated carbocycles. The molecule has 1 N–H and O–H groups in total. The number of halogens is 1. The van der Waals surface area contributed by atoms with Gasteiger partial charge in [-0.15, -0.1) is 0 Å². The molecule has 4 rings (SSSR count). The summed E-state index contributed by atoms with van der Waals surface area (Å²) in [6, 6.07) is 16.7. The first-order valence-corrected chi connectivity index (χ1v) is 9.84. The molecular formula is C21H17ClN6O4. The molecule has 2 aromatic heterocycles. The molecule has 4 aromatic rings. The topological polar surface area (TPSA) is 117 Å². The molecule has 0 aliphatic heterocycles. The summed E-state index contributed by atoms with van der Waals surface area (Å²) >= 11 is 6.00. The minimum Gasteiger partial charge on any atom is -0.464 e. The van der Waals surface area contributed by atoms with E-state index in [0.717, 1.165) is 5.56 Å². The fraction of sp³-hybridized carbons (Fsp3) is 0.0952. The Kier molecular flexibility index (Phi) is 6.13. The second kappa shape index (κ2) is 9.31. The lowest BCUT2D eigenvalue weighted by Gasteiger charge is -2.06. The smallest absolute Gasteiger partial charge is 0.311 e. The van der Waals surface area contributed by atoms with E-state index >= 15 is 0 Å². The number of nitrogens with zero attached hydrogens (tertiary/aromatic N) is 5. The predicted molar refractivity (Wildman–Crippen MR) is 117 cm³/mol. The molecule has 0 unspecified atom stereocenters. The number of aromatic nitrogens is 4. The van der Waals surface area contributed by atoms with Crippen LogP contribution < -0.4 is 10.1 Å². The lowest BCUT2D eigenvalue weighted by atomic mass is 10.2. The Morgan fingerprint density at radius 3 is 2.69 bits per heavy atom. The highest BCUT2D eigenvalue weighted by Crippen LogP contribution is 2.26. The number of carbonyl (C=O) groups excluding carboxylic acids is 1. The minimum absolute atomic E-state index is 0.0909. The molecule has 0 saturated heterocycles. The third-order valence-electron chi connectivity index (χ3n) is 4.40. The molecule has 0 aliphatic carbocycles. The fourth-order valence-electron chi connectivity index (χ4n) is 2.94. The van der Waals surface area contributed by atoms with Crippen molar-refractivity contribution in [3.63, 3.8) is 0 Å². The van der Waals surface area contributed by atoms with E-state index in [9.17, 15) is 14.9 Å². The molecule has 0 bridgehead atoms. The van der Waals surface area contributed by atoms with Gasteiger partial charge in [0.25, 0.3) is 5.91 Å². The Labute approximate surface area is 187 Å². The molecule has 0 spiro atoms. The summed E-state index contributed by atoms with van der Waals surface area (Å²) in [7, 11) is 0. The van der Waals surface area contributed by atoms with Crippen molar-refractivity contribution in [2.45, 2.75) is 13.3 Å². The van der Waals surface area contributed by atoms with Crippen LogP contribution in [0.3, 0.4) is 0 Å². The van der Waals surface area contributed by atoms with Crippen molar-refractivity contribution in [1.82, 2.24) is 19.6 Å². The highest BCUT2D eigenvalue weighted by Gasteiger charge is 2.15. The number of benzene rings is 2. The third kappa shape index (κ3) is 5.10. The molecule has 2 aromatic carbocycles. The van der Waals surface area contributed by atoms with E-state index in [1.165, 1.54) is 22.9 Å². The van der Waals surface area contributed by atoms with Gasteiger partial charge in [-0.05, 0) is 29.8 Å². The van der Waals surface area contributed by atoms with Crippen molar-refractivity contribution in [3.05, 3.63) is 99.5 Å². The normalized spacial score (nSPS) is 10.7. The Morgan fingerprint density at radius 2 is 1.88 bits per heavy atom. The van der Waals surface area contributed by atoms with Crippen molar-refractivity contribution in [2.24, 2.45) is 0 Å². The molecule has 0 fully saturated rings. The van der Waals surface area contributed by atoms with Crippen LogP contribution in [0.4, 0.5) is 11.5 Å². The molecule has 11 heteroatoms. The number of hydrogen-bond acceptors (Lipinski definition) is 6. The standard InChI is InChI=1S/C21H17ClN6O4/c22-16-5-3-4-15(12-16)13-26-11-9-20(25-26)23-21(29)17-8-10-27(24-17)14-32-19-7-2-1-6-18(19)28(30)31/h1-12H,13-14H2,(H,23,25,29). The second-order valence-corrected chi connectivity index (χ2v) is 7.16. The van der Waals surface area contributed by atoms with Gasteiger partial charge in [-0.1, -0.05) is 35.9 Å². The number of nitro groups is 1. The van der Waals surface area contributed by atoms with Gasteiger partial charge in [0.05, 0.1) is 11.5 Å². The van der Waals surface area contributed by atoms with Crippen molar-refractivity contribution in [3.8, 4) is 5.75 Å². The molecule has 1 amide bonds. The Bertz CT molecular complexity index is 1270. The van der Waals surface area contributed by atoms with Gasteiger partial charge in [0.2, 0.25) is 0 Å².